The summed E-state index contributed by atoms with van der Waals surface area (Å²) >= 11 is 0. The van der Waals surface area contributed by atoms with Crippen molar-refractivity contribution in [2.45, 2.75) is 37.1 Å². The van der Waals surface area contributed by atoms with Crippen LogP contribution in [0.1, 0.15) is 29.2 Å². The molecule has 1 aliphatic carbocycles. The lowest BCUT2D eigenvalue weighted by molar-refractivity contribution is -0.0552. The Bertz CT molecular complexity index is 1070. The number of hydrogen-bond acceptors (Lipinski definition) is 8. The minimum Gasteiger partial charge on any atom is -0.497 e. The monoisotopic (exact) mass is 426 g/mol. The van der Waals surface area contributed by atoms with Gasteiger partial charge in [-0.15, -0.1) is 0 Å². The number of anilines is 1. The van der Waals surface area contributed by atoms with E-state index in [-0.39, 0.29) is 5.91 Å². The molecule has 0 radical (unpaired) electrons. The molecule has 1 amide bonds. The van der Waals surface area contributed by atoms with Gasteiger partial charge in [0.1, 0.15) is 24.3 Å². The van der Waals surface area contributed by atoms with Crippen LogP contribution >= 0.6 is 0 Å². The average molecular weight is 426 g/mol. The van der Waals surface area contributed by atoms with Gasteiger partial charge >= 0.3 is 0 Å². The van der Waals surface area contributed by atoms with Crippen molar-refractivity contribution >= 4 is 22.9 Å². The second-order valence-electron chi connectivity index (χ2n) is 7.85. The fraction of sp³-hybridized carbons (Fsp3) is 0.429. The average Bonchev–Trinajstić information content (AvgIpc) is 3.21. The molecular formula is C21H26N6O4. The maximum atomic E-state index is 12.6. The number of amides is 1. The summed E-state index contributed by atoms with van der Waals surface area (Å²) in [5.41, 5.74) is 1.68. The van der Waals surface area contributed by atoms with Crippen LogP contribution in [0.25, 0.3) is 11.2 Å². The largest absolute Gasteiger partial charge is 0.497 e. The van der Waals surface area contributed by atoms with Gasteiger partial charge in [0.25, 0.3) is 5.91 Å². The fourth-order valence-electron chi connectivity index (χ4n) is 4.02. The lowest BCUT2D eigenvalue weighted by Gasteiger charge is -2.38. The van der Waals surface area contributed by atoms with Crippen molar-refractivity contribution in [1.82, 2.24) is 24.8 Å². The number of fused-ring (bicyclic) bond motifs is 1. The predicted octanol–water partition coefficient (Wildman–Crippen LogP) is 0.756. The first-order valence-corrected chi connectivity index (χ1v) is 10.1. The zero-order valence-electron chi connectivity index (χ0n) is 17.6. The summed E-state index contributed by atoms with van der Waals surface area (Å²) in [5, 5.41) is 24.4. The molecule has 2 heterocycles. The van der Waals surface area contributed by atoms with E-state index < -0.39 is 24.3 Å². The van der Waals surface area contributed by atoms with Crippen LogP contribution in [-0.2, 0) is 0 Å². The van der Waals surface area contributed by atoms with Gasteiger partial charge in [-0.05, 0) is 37.1 Å². The first kappa shape index (κ1) is 21.0. The van der Waals surface area contributed by atoms with E-state index in [2.05, 4.69) is 20.3 Å². The second-order valence-corrected chi connectivity index (χ2v) is 7.85. The predicted molar refractivity (Wildman–Crippen MR) is 114 cm³/mol. The molecule has 4 rings (SSSR count). The van der Waals surface area contributed by atoms with Gasteiger partial charge in [0, 0.05) is 19.7 Å². The summed E-state index contributed by atoms with van der Waals surface area (Å²) < 4.78 is 6.88. The molecule has 0 aliphatic heterocycles. The Hall–Kier alpha value is -3.24. The zero-order valence-corrected chi connectivity index (χ0v) is 17.6. The number of aliphatic hydroxyl groups is 2. The number of carbonyl (C=O) groups excluding carboxylic acids is 1. The first-order valence-electron chi connectivity index (χ1n) is 10.1. The van der Waals surface area contributed by atoms with Gasteiger partial charge < -0.3 is 29.7 Å². The highest BCUT2D eigenvalue weighted by Gasteiger charge is 2.39. The van der Waals surface area contributed by atoms with Crippen molar-refractivity contribution in [2.24, 2.45) is 0 Å². The highest BCUT2D eigenvalue weighted by Crippen LogP contribution is 2.32. The van der Waals surface area contributed by atoms with E-state index in [1.807, 2.05) is 19.0 Å². The van der Waals surface area contributed by atoms with E-state index in [1.165, 1.54) is 6.33 Å². The summed E-state index contributed by atoms with van der Waals surface area (Å²) in [6.07, 6.45) is 1.88. The van der Waals surface area contributed by atoms with Gasteiger partial charge in [-0.2, -0.15) is 0 Å². The number of imidazole rings is 1. The topological polar surface area (TPSA) is 126 Å². The Kier molecular flexibility index (Phi) is 5.75. The third-order valence-corrected chi connectivity index (χ3v) is 5.72. The maximum Gasteiger partial charge on any atom is 0.251 e. The normalized spacial score (nSPS) is 23.5. The number of methoxy groups -OCH3 is 1. The molecule has 0 bridgehead atoms. The molecule has 1 saturated carbocycles. The van der Waals surface area contributed by atoms with E-state index in [0.29, 0.717) is 41.1 Å². The molecule has 164 valence electrons. The van der Waals surface area contributed by atoms with Crippen LogP contribution in [0.15, 0.2) is 36.9 Å². The number of carbonyl (C=O) groups is 1. The lowest BCUT2D eigenvalue weighted by atomic mass is 9.85. The third-order valence-electron chi connectivity index (χ3n) is 5.72. The van der Waals surface area contributed by atoms with E-state index in [0.717, 1.165) is 0 Å². The van der Waals surface area contributed by atoms with Crippen LogP contribution in [0, 0.1) is 0 Å². The van der Waals surface area contributed by atoms with E-state index >= 15 is 0 Å². The van der Waals surface area contributed by atoms with Gasteiger partial charge in [0.15, 0.2) is 17.0 Å². The van der Waals surface area contributed by atoms with E-state index in [9.17, 15) is 15.0 Å². The number of aliphatic hydroxyl groups excluding tert-OH is 2. The Morgan fingerprint density at radius 1 is 1.13 bits per heavy atom. The minimum atomic E-state index is -1.13. The van der Waals surface area contributed by atoms with Crippen molar-refractivity contribution in [3.8, 4) is 5.75 Å². The standard InChI is InChI=1S/C21H26N6O4/c1-26(2)19-16-20(23-10-22-19)27(11-24-16)15-9-8-14(17(28)18(15)29)25-21(30)12-4-6-13(31-3)7-5-12/h4-7,10-11,14-15,17-18,28-29H,8-9H2,1-3H3,(H,25,30)/t14-,15-,17-,18-/m1/s1. The molecule has 1 aliphatic rings. The van der Waals surface area contributed by atoms with E-state index in [1.54, 1.807) is 42.3 Å². The summed E-state index contributed by atoms with van der Waals surface area (Å²) in [6, 6.07) is 5.72. The third kappa shape index (κ3) is 3.91. The smallest absolute Gasteiger partial charge is 0.251 e. The molecule has 3 N–H and O–H groups in total. The zero-order chi connectivity index (χ0) is 22.1. The number of aromatic nitrogens is 4. The van der Waals surface area contributed by atoms with Crippen LogP contribution in [-0.4, -0.2) is 75.1 Å². The summed E-state index contributed by atoms with van der Waals surface area (Å²) in [5.74, 6) is 1.02. The number of benzene rings is 1. The van der Waals surface area contributed by atoms with Gasteiger partial charge in [-0.1, -0.05) is 0 Å². The highest BCUT2D eigenvalue weighted by molar-refractivity contribution is 5.94. The number of nitrogens with zero attached hydrogens (tertiary/aromatic N) is 5. The fourth-order valence-corrected chi connectivity index (χ4v) is 4.02. The maximum absolute atomic E-state index is 12.6. The molecule has 10 nitrogen and oxygen atoms in total. The molecule has 0 spiro atoms. The van der Waals surface area contributed by atoms with Crippen LogP contribution in [0.2, 0.25) is 0 Å². The first-order chi connectivity index (χ1) is 14.9. The molecule has 0 saturated heterocycles. The summed E-state index contributed by atoms with van der Waals surface area (Å²) in [4.78, 5) is 27.4. The minimum absolute atomic E-state index is 0.311. The molecular weight excluding hydrogens is 400 g/mol. The number of ether oxygens (including phenoxy) is 1. The molecule has 10 heteroatoms. The molecule has 0 unspecified atom stereocenters. The molecule has 3 aromatic rings. The molecule has 31 heavy (non-hydrogen) atoms. The van der Waals surface area contributed by atoms with Crippen molar-refractivity contribution in [3.05, 3.63) is 42.5 Å². The number of nitrogens with one attached hydrogen (secondary N) is 1. The summed E-state index contributed by atoms with van der Waals surface area (Å²) in [6.45, 7) is 0. The molecule has 1 aromatic carbocycles. The molecule has 4 atom stereocenters. The number of rotatable bonds is 5. The van der Waals surface area contributed by atoms with Crippen LogP contribution in [0.4, 0.5) is 5.82 Å². The van der Waals surface area contributed by atoms with E-state index in [4.69, 9.17) is 4.74 Å². The quantitative estimate of drug-likeness (QED) is 0.546. The van der Waals surface area contributed by atoms with Gasteiger partial charge in [-0.25, -0.2) is 15.0 Å². The van der Waals surface area contributed by atoms with Gasteiger partial charge in [0.05, 0.1) is 25.5 Å². The SMILES string of the molecule is COc1ccc(C(=O)N[C@@H]2CC[C@@H](n3cnc4c(N(C)C)ncnc43)[C@@H](O)[C@@H]2O)cc1. The van der Waals surface area contributed by atoms with Crippen LogP contribution < -0.4 is 15.0 Å². The van der Waals surface area contributed by atoms with Crippen molar-refractivity contribution in [1.29, 1.82) is 0 Å². The van der Waals surface area contributed by atoms with Gasteiger partial charge in [-0.3, -0.25) is 4.79 Å². The Morgan fingerprint density at radius 2 is 1.87 bits per heavy atom. The van der Waals surface area contributed by atoms with Crippen molar-refractivity contribution < 1.29 is 19.7 Å². The molecule has 2 aromatic heterocycles. The number of hydrogen-bond donors (Lipinski definition) is 3. The van der Waals surface area contributed by atoms with Crippen molar-refractivity contribution in [3.63, 3.8) is 0 Å². The van der Waals surface area contributed by atoms with Crippen molar-refractivity contribution in [2.75, 3.05) is 26.1 Å². The van der Waals surface area contributed by atoms with Crippen LogP contribution in [0.5, 0.6) is 5.75 Å². The molecule has 1 fully saturated rings. The highest BCUT2D eigenvalue weighted by atomic mass is 16.5. The van der Waals surface area contributed by atoms with Gasteiger partial charge in [0.2, 0.25) is 0 Å². The second kappa shape index (κ2) is 8.48. The summed E-state index contributed by atoms with van der Waals surface area (Å²) in [7, 11) is 5.30. The van der Waals surface area contributed by atoms with Crippen LogP contribution in [0.3, 0.4) is 0 Å². The Labute approximate surface area is 179 Å². The Balaban J connectivity index is 1.50. The Morgan fingerprint density at radius 3 is 2.55 bits per heavy atom. The lowest BCUT2D eigenvalue weighted by Crippen LogP contribution is -2.54.